The van der Waals surface area contributed by atoms with E-state index in [9.17, 15) is 4.79 Å². The SMILES string of the molecule is O=C(O)[C@H]1CC[C@@H]([C@H]2CCCO2)O1. The molecule has 2 rings (SSSR count). The van der Waals surface area contributed by atoms with Crippen molar-refractivity contribution in [2.75, 3.05) is 6.61 Å². The van der Waals surface area contributed by atoms with Crippen LogP contribution in [0.25, 0.3) is 0 Å². The van der Waals surface area contributed by atoms with E-state index < -0.39 is 12.1 Å². The van der Waals surface area contributed by atoms with Crippen LogP contribution < -0.4 is 0 Å². The number of ether oxygens (including phenoxy) is 2. The quantitative estimate of drug-likeness (QED) is 0.693. The number of carbonyl (C=O) groups is 1. The molecule has 4 nitrogen and oxygen atoms in total. The van der Waals surface area contributed by atoms with E-state index in [4.69, 9.17) is 14.6 Å². The van der Waals surface area contributed by atoms with Gasteiger partial charge in [0.15, 0.2) is 6.10 Å². The van der Waals surface area contributed by atoms with Gasteiger partial charge in [0.25, 0.3) is 0 Å². The summed E-state index contributed by atoms with van der Waals surface area (Å²) in [6, 6.07) is 0. The van der Waals surface area contributed by atoms with E-state index in [0.29, 0.717) is 6.42 Å². The van der Waals surface area contributed by atoms with Crippen LogP contribution in [-0.2, 0) is 14.3 Å². The third-order valence-corrected chi connectivity index (χ3v) is 2.71. The average Bonchev–Trinajstić information content (AvgIpc) is 2.75. The number of carboxylic acids is 1. The van der Waals surface area contributed by atoms with Crippen LogP contribution in [0, 0.1) is 0 Å². The number of hydrogen-bond acceptors (Lipinski definition) is 3. The first kappa shape index (κ1) is 8.97. The fraction of sp³-hybridized carbons (Fsp3) is 0.889. The number of carboxylic acid groups (broad SMARTS) is 1. The lowest BCUT2D eigenvalue weighted by Crippen LogP contribution is -2.28. The van der Waals surface area contributed by atoms with E-state index in [0.717, 1.165) is 25.9 Å². The molecule has 1 N–H and O–H groups in total. The Bertz CT molecular complexity index is 198. The van der Waals surface area contributed by atoms with Gasteiger partial charge in [0, 0.05) is 6.61 Å². The molecule has 2 aliphatic heterocycles. The molecular formula is C9H14O4. The minimum absolute atomic E-state index is 0.0172. The summed E-state index contributed by atoms with van der Waals surface area (Å²) in [5.74, 6) is -0.847. The van der Waals surface area contributed by atoms with Gasteiger partial charge < -0.3 is 14.6 Å². The van der Waals surface area contributed by atoms with Crippen molar-refractivity contribution in [3.8, 4) is 0 Å². The van der Waals surface area contributed by atoms with E-state index in [1.54, 1.807) is 0 Å². The molecular weight excluding hydrogens is 172 g/mol. The second-order valence-corrected chi connectivity index (χ2v) is 3.63. The molecule has 0 saturated carbocycles. The first-order valence-electron chi connectivity index (χ1n) is 4.77. The smallest absolute Gasteiger partial charge is 0.332 e. The normalized spacial score (nSPS) is 39.5. The first-order valence-corrected chi connectivity index (χ1v) is 4.77. The maximum absolute atomic E-state index is 10.6. The van der Waals surface area contributed by atoms with Crippen LogP contribution in [0.3, 0.4) is 0 Å². The van der Waals surface area contributed by atoms with Crippen LogP contribution in [0.5, 0.6) is 0 Å². The van der Waals surface area contributed by atoms with Crippen molar-refractivity contribution >= 4 is 5.97 Å². The van der Waals surface area contributed by atoms with Gasteiger partial charge in [-0.3, -0.25) is 0 Å². The zero-order valence-electron chi connectivity index (χ0n) is 7.44. The molecule has 0 aromatic carbocycles. The Morgan fingerprint density at radius 3 is 2.62 bits per heavy atom. The number of aliphatic carboxylic acids is 1. The molecule has 2 aliphatic rings. The van der Waals surface area contributed by atoms with Crippen molar-refractivity contribution in [3.05, 3.63) is 0 Å². The van der Waals surface area contributed by atoms with Gasteiger partial charge in [0.05, 0.1) is 12.2 Å². The van der Waals surface area contributed by atoms with Crippen molar-refractivity contribution in [1.82, 2.24) is 0 Å². The monoisotopic (exact) mass is 186 g/mol. The highest BCUT2D eigenvalue weighted by Gasteiger charge is 2.36. The molecule has 0 amide bonds. The topological polar surface area (TPSA) is 55.8 Å². The molecule has 3 atom stereocenters. The van der Waals surface area contributed by atoms with Crippen LogP contribution in [0.1, 0.15) is 25.7 Å². The van der Waals surface area contributed by atoms with Gasteiger partial charge in [-0.05, 0) is 25.7 Å². The lowest BCUT2D eigenvalue weighted by atomic mass is 10.1. The van der Waals surface area contributed by atoms with Gasteiger partial charge >= 0.3 is 5.97 Å². The molecule has 2 heterocycles. The Morgan fingerprint density at radius 1 is 1.23 bits per heavy atom. The highest BCUT2D eigenvalue weighted by atomic mass is 16.6. The van der Waals surface area contributed by atoms with E-state index >= 15 is 0 Å². The largest absolute Gasteiger partial charge is 0.479 e. The van der Waals surface area contributed by atoms with Crippen molar-refractivity contribution in [2.24, 2.45) is 0 Å². The maximum atomic E-state index is 10.6. The molecule has 4 heteroatoms. The number of hydrogen-bond donors (Lipinski definition) is 1. The van der Waals surface area contributed by atoms with Gasteiger partial charge in [0.1, 0.15) is 0 Å². The molecule has 0 aromatic rings. The van der Waals surface area contributed by atoms with E-state index in [1.165, 1.54) is 0 Å². The molecule has 0 aromatic heterocycles. The Morgan fingerprint density at radius 2 is 2.08 bits per heavy atom. The van der Waals surface area contributed by atoms with Gasteiger partial charge in [-0.15, -0.1) is 0 Å². The van der Waals surface area contributed by atoms with Crippen molar-refractivity contribution in [3.63, 3.8) is 0 Å². The molecule has 0 aliphatic carbocycles. The van der Waals surface area contributed by atoms with Crippen LogP contribution in [0.2, 0.25) is 0 Å². The van der Waals surface area contributed by atoms with Crippen molar-refractivity contribution in [1.29, 1.82) is 0 Å². The zero-order valence-corrected chi connectivity index (χ0v) is 7.44. The molecule has 13 heavy (non-hydrogen) atoms. The minimum Gasteiger partial charge on any atom is -0.479 e. The fourth-order valence-electron chi connectivity index (χ4n) is 2.01. The molecule has 0 spiro atoms. The summed E-state index contributed by atoms with van der Waals surface area (Å²) in [5, 5.41) is 8.71. The number of rotatable bonds is 2. The summed E-state index contributed by atoms with van der Waals surface area (Å²) in [6.07, 6.45) is 3.09. The first-order chi connectivity index (χ1) is 6.27. The maximum Gasteiger partial charge on any atom is 0.332 e. The summed E-state index contributed by atoms with van der Waals surface area (Å²) < 4.78 is 10.8. The molecule has 2 saturated heterocycles. The fourth-order valence-corrected chi connectivity index (χ4v) is 2.01. The zero-order chi connectivity index (χ0) is 9.26. The van der Waals surface area contributed by atoms with Crippen molar-refractivity contribution < 1.29 is 19.4 Å². The van der Waals surface area contributed by atoms with Gasteiger partial charge in [0.2, 0.25) is 0 Å². The summed E-state index contributed by atoms with van der Waals surface area (Å²) in [7, 11) is 0. The van der Waals surface area contributed by atoms with Gasteiger partial charge in [-0.1, -0.05) is 0 Å². The average molecular weight is 186 g/mol. The molecule has 0 radical (unpaired) electrons. The highest BCUT2D eigenvalue weighted by Crippen LogP contribution is 2.28. The summed E-state index contributed by atoms with van der Waals surface area (Å²) in [6.45, 7) is 0.794. The van der Waals surface area contributed by atoms with Crippen LogP contribution in [0.15, 0.2) is 0 Å². The van der Waals surface area contributed by atoms with E-state index in [2.05, 4.69) is 0 Å². The predicted octanol–water partition coefficient (Wildman–Crippen LogP) is 0.798. The standard InChI is InChI=1S/C9H14O4/c10-9(11)8-4-3-7(13-8)6-2-1-5-12-6/h6-8H,1-5H2,(H,10,11)/t6-,7+,8-/m1/s1. The minimum atomic E-state index is -0.847. The molecule has 74 valence electrons. The third kappa shape index (κ3) is 1.84. The van der Waals surface area contributed by atoms with E-state index in [1.807, 2.05) is 0 Å². The second-order valence-electron chi connectivity index (χ2n) is 3.63. The van der Waals surface area contributed by atoms with Crippen LogP contribution in [-0.4, -0.2) is 36.0 Å². The summed E-state index contributed by atoms with van der Waals surface area (Å²) in [5.41, 5.74) is 0. The molecule has 2 fully saturated rings. The predicted molar refractivity (Wildman–Crippen MR) is 44.5 cm³/mol. The molecule has 0 unspecified atom stereocenters. The Hall–Kier alpha value is -0.610. The van der Waals surface area contributed by atoms with Gasteiger partial charge in [-0.2, -0.15) is 0 Å². The second kappa shape index (κ2) is 3.64. The lowest BCUT2D eigenvalue weighted by Gasteiger charge is -2.17. The Balaban J connectivity index is 1.86. The van der Waals surface area contributed by atoms with Crippen molar-refractivity contribution in [2.45, 2.75) is 44.0 Å². The third-order valence-electron chi connectivity index (χ3n) is 2.71. The highest BCUT2D eigenvalue weighted by molar-refractivity contribution is 5.72. The summed E-state index contributed by atoms with van der Waals surface area (Å²) >= 11 is 0. The van der Waals surface area contributed by atoms with E-state index in [-0.39, 0.29) is 12.2 Å². The van der Waals surface area contributed by atoms with Crippen LogP contribution in [0.4, 0.5) is 0 Å². The Labute approximate surface area is 76.8 Å². The summed E-state index contributed by atoms with van der Waals surface area (Å²) in [4.78, 5) is 10.6. The molecule has 0 bridgehead atoms. The van der Waals surface area contributed by atoms with Crippen LogP contribution >= 0.6 is 0 Å². The lowest BCUT2D eigenvalue weighted by molar-refractivity contribution is -0.152. The van der Waals surface area contributed by atoms with Gasteiger partial charge in [-0.25, -0.2) is 4.79 Å². The Kier molecular flexibility index (Phi) is 2.51.